The van der Waals surface area contributed by atoms with Crippen LogP contribution in [0, 0.1) is 5.92 Å². The third kappa shape index (κ3) is 3.12. The normalized spacial score (nSPS) is 13.5. The van der Waals surface area contributed by atoms with Gasteiger partial charge in [0, 0.05) is 6.04 Å². The number of thiophene rings is 1. The zero-order chi connectivity index (χ0) is 9.68. The average molecular weight is 197 g/mol. The molecule has 2 N–H and O–H groups in total. The number of nitrogens with two attached hydrogens (primary N) is 1. The highest BCUT2D eigenvalue weighted by molar-refractivity contribution is 7.07. The number of rotatable bonds is 5. The van der Waals surface area contributed by atoms with Gasteiger partial charge in [0.05, 0.1) is 0 Å². The Labute approximate surface area is 85.0 Å². The average Bonchev–Trinajstić information content (AvgIpc) is 2.66. The molecule has 1 aromatic heterocycles. The molecule has 0 radical (unpaired) electrons. The zero-order valence-electron chi connectivity index (χ0n) is 8.49. The fraction of sp³-hybridized carbons (Fsp3) is 0.636. The van der Waals surface area contributed by atoms with E-state index < -0.39 is 0 Å². The van der Waals surface area contributed by atoms with E-state index in [1.54, 1.807) is 11.3 Å². The molecular weight excluding hydrogens is 178 g/mol. The van der Waals surface area contributed by atoms with Gasteiger partial charge in [0.2, 0.25) is 0 Å². The van der Waals surface area contributed by atoms with Gasteiger partial charge >= 0.3 is 0 Å². The molecule has 0 fully saturated rings. The first-order chi connectivity index (χ1) is 6.27. The molecule has 1 rings (SSSR count). The second kappa shape index (κ2) is 5.40. The van der Waals surface area contributed by atoms with E-state index in [4.69, 9.17) is 5.73 Å². The van der Waals surface area contributed by atoms with Crippen LogP contribution in [0.3, 0.4) is 0 Å². The number of hydrogen-bond donors (Lipinski definition) is 1. The summed E-state index contributed by atoms with van der Waals surface area (Å²) in [5.74, 6) is 0.787. The minimum atomic E-state index is 0.246. The molecule has 0 aliphatic carbocycles. The Hall–Kier alpha value is -0.340. The Morgan fingerprint density at radius 2 is 2.08 bits per heavy atom. The van der Waals surface area contributed by atoms with Gasteiger partial charge in [-0.25, -0.2) is 0 Å². The molecule has 0 amide bonds. The van der Waals surface area contributed by atoms with Crippen LogP contribution in [0.5, 0.6) is 0 Å². The van der Waals surface area contributed by atoms with Crippen molar-refractivity contribution in [2.75, 3.05) is 0 Å². The lowest BCUT2D eigenvalue weighted by molar-refractivity contribution is 0.415. The largest absolute Gasteiger partial charge is 0.324 e. The van der Waals surface area contributed by atoms with Crippen LogP contribution in [-0.2, 0) is 0 Å². The SMILES string of the molecule is CCC(CC)C[C@@H](N)c1ccsc1. The maximum Gasteiger partial charge on any atom is 0.0305 e. The van der Waals surface area contributed by atoms with Crippen LogP contribution in [0.25, 0.3) is 0 Å². The van der Waals surface area contributed by atoms with E-state index in [2.05, 4.69) is 30.7 Å². The van der Waals surface area contributed by atoms with Crippen molar-refractivity contribution in [1.29, 1.82) is 0 Å². The van der Waals surface area contributed by atoms with Crippen molar-refractivity contribution < 1.29 is 0 Å². The molecule has 13 heavy (non-hydrogen) atoms. The summed E-state index contributed by atoms with van der Waals surface area (Å²) in [4.78, 5) is 0. The fourth-order valence-corrected chi connectivity index (χ4v) is 2.33. The molecule has 1 nitrogen and oxygen atoms in total. The van der Waals surface area contributed by atoms with E-state index in [1.165, 1.54) is 18.4 Å². The van der Waals surface area contributed by atoms with Crippen molar-refractivity contribution in [3.8, 4) is 0 Å². The van der Waals surface area contributed by atoms with Crippen LogP contribution in [0.1, 0.15) is 44.7 Å². The Morgan fingerprint density at radius 1 is 1.38 bits per heavy atom. The summed E-state index contributed by atoms with van der Waals surface area (Å²) in [6, 6.07) is 2.38. The molecule has 1 atom stereocenters. The Balaban J connectivity index is 2.45. The van der Waals surface area contributed by atoms with Gasteiger partial charge < -0.3 is 5.73 Å². The molecule has 1 aromatic rings. The third-order valence-corrected chi connectivity index (χ3v) is 3.41. The van der Waals surface area contributed by atoms with E-state index in [-0.39, 0.29) is 6.04 Å². The van der Waals surface area contributed by atoms with Crippen LogP contribution in [0.2, 0.25) is 0 Å². The first-order valence-electron chi connectivity index (χ1n) is 5.05. The summed E-state index contributed by atoms with van der Waals surface area (Å²) in [6.45, 7) is 4.49. The first kappa shape index (κ1) is 10.7. The van der Waals surface area contributed by atoms with Gasteiger partial charge in [-0.1, -0.05) is 26.7 Å². The second-order valence-corrected chi connectivity index (χ2v) is 4.36. The van der Waals surface area contributed by atoms with E-state index in [0.29, 0.717) is 0 Å². The van der Waals surface area contributed by atoms with Gasteiger partial charge in [-0.05, 0) is 34.7 Å². The first-order valence-corrected chi connectivity index (χ1v) is 5.99. The highest BCUT2D eigenvalue weighted by Crippen LogP contribution is 2.24. The van der Waals surface area contributed by atoms with Gasteiger partial charge in [0.25, 0.3) is 0 Å². The van der Waals surface area contributed by atoms with Crippen molar-refractivity contribution in [1.82, 2.24) is 0 Å². The van der Waals surface area contributed by atoms with Gasteiger partial charge in [-0.3, -0.25) is 0 Å². The Morgan fingerprint density at radius 3 is 2.54 bits per heavy atom. The maximum absolute atomic E-state index is 6.10. The molecule has 1 heterocycles. The molecular formula is C11H19NS. The summed E-state index contributed by atoms with van der Waals surface area (Å²) in [7, 11) is 0. The fourth-order valence-electron chi connectivity index (χ4n) is 1.60. The highest BCUT2D eigenvalue weighted by atomic mass is 32.1. The van der Waals surface area contributed by atoms with E-state index in [1.807, 2.05) is 0 Å². The molecule has 0 aliphatic heterocycles. The van der Waals surface area contributed by atoms with E-state index >= 15 is 0 Å². The van der Waals surface area contributed by atoms with Crippen molar-refractivity contribution in [3.05, 3.63) is 22.4 Å². The minimum absolute atomic E-state index is 0.246. The van der Waals surface area contributed by atoms with Crippen molar-refractivity contribution >= 4 is 11.3 Å². The molecule has 2 heteroatoms. The Kier molecular flexibility index (Phi) is 4.46. The third-order valence-electron chi connectivity index (χ3n) is 2.71. The van der Waals surface area contributed by atoms with E-state index in [9.17, 15) is 0 Å². The van der Waals surface area contributed by atoms with Crippen molar-refractivity contribution in [2.24, 2.45) is 11.7 Å². The lowest BCUT2D eigenvalue weighted by atomic mass is 9.93. The monoisotopic (exact) mass is 197 g/mol. The van der Waals surface area contributed by atoms with Crippen LogP contribution in [-0.4, -0.2) is 0 Å². The van der Waals surface area contributed by atoms with Crippen molar-refractivity contribution in [2.45, 2.75) is 39.2 Å². The maximum atomic E-state index is 6.10. The molecule has 0 bridgehead atoms. The predicted octanol–water partition coefficient (Wildman–Crippen LogP) is 3.57. The van der Waals surface area contributed by atoms with Gasteiger partial charge in [-0.15, -0.1) is 0 Å². The predicted molar refractivity (Wildman–Crippen MR) is 59.9 cm³/mol. The molecule has 74 valence electrons. The zero-order valence-corrected chi connectivity index (χ0v) is 9.31. The topological polar surface area (TPSA) is 26.0 Å². The lowest BCUT2D eigenvalue weighted by Crippen LogP contribution is -2.14. The van der Waals surface area contributed by atoms with Gasteiger partial charge in [-0.2, -0.15) is 11.3 Å². The summed E-state index contributed by atoms with van der Waals surface area (Å²) in [5.41, 5.74) is 7.40. The van der Waals surface area contributed by atoms with Crippen LogP contribution in [0.4, 0.5) is 0 Å². The molecule has 0 saturated heterocycles. The highest BCUT2D eigenvalue weighted by Gasteiger charge is 2.11. The summed E-state index contributed by atoms with van der Waals surface area (Å²) in [6.07, 6.45) is 3.62. The standard InChI is InChI=1S/C11H19NS/c1-3-9(4-2)7-11(12)10-5-6-13-8-10/h5-6,8-9,11H,3-4,7,12H2,1-2H3/t11-/m1/s1. The van der Waals surface area contributed by atoms with Gasteiger partial charge in [0.1, 0.15) is 0 Å². The van der Waals surface area contributed by atoms with Crippen LogP contribution < -0.4 is 5.73 Å². The van der Waals surface area contributed by atoms with E-state index in [0.717, 1.165) is 12.3 Å². The lowest BCUT2D eigenvalue weighted by Gasteiger charge is -2.17. The Bertz CT molecular complexity index is 214. The van der Waals surface area contributed by atoms with Crippen LogP contribution >= 0.6 is 11.3 Å². The molecule has 0 aliphatic rings. The summed E-state index contributed by atoms with van der Waals surface area (Å²) in [5, 5.41) is 4.26. The molecule has 0 spiro atoms. The quantitative estimate of drug-likeness (QED) is 0.767. The smallest absolute Gasteiger partial charge is 0.0305 e. The summed E-state index contributed by atoms with van der Waals surface area (Å²) < 4.78 is 0. The summed E-state index contributed by atoms with van der Waals surface area (Å²) >= 11 is 1.73. The second-order valence-electron chi connectivity index (χ2n) is 3.58. The van der Waals surface area contributed by atoms with Crippen molar-refractivity contribution in [3.63, 3.8) is 0 Å². The molecule has 0 saturated carbocycles. The van der Waals surface area contributed by atoms with Crippen LogP contribution in [0.15, 0.2) is 16.8 Å². The molecule has 0 aromatic carbocycles. The number of hydrogen-bond acceptors (Lipinski definition) is 2. The van der Waals surface area contributed by atoms with Gasteiger partial charge in [0.15, 0.2) is 0 Å². The minimum Gasteiger partial charge on any atom is -0.324 e. The molecule has 0 unspecified atom stereocenters.